The minimum Gasteiger partial charge on any atom is -0.396 e. The van der Waals surface area contributed by atoms with Crippen LogP contribution in [0.5, 0.6) is 0 Å². The second-order valence-electron chi connectivity index (χ2n) is 6.57. The number of halogens is 1. The number of aryl methyl sites for hydroxylation is 2. The molecule has 1 aliphatic heterocycles. The lowest BCUT2D eigenvalue weighted by molar-refractivity contribution is 0.0303. The Bertz CT molecular complexity index is 793. The van der Waals surface area contributed by atoms with E-state index in [9.17, 15) is 4.39 Å². The maximum absolute atomic E-state index is 15.0. The Morgan fingerprint density at radius 3 is 2.38 bits per heavy atom. The molecular formula is C20H23FN2O. The molecule has 1 aromatic heterocycles. The van der Waals surface area contributed by atoms with Gasteiger partial charge in [-0.25, -0.2) is 4.39 Å². The van der Waals surface area contributed by atoms with Gasteiger partial charge in [-0.1, -0.05) is 18.2 Å². The molecule has 0 saturated heterocycles. The van der Waals surface area contributed by atoms with Crippen molar-refractivity contribution >= 4 is 11.3 Å². The predicted octanol–water partition coefficient (Wildman–Crippen LogP) is 4.67. The summed E-state index contributed by atoms with van der Waals surface area (Å²) in [5, 5.41) is 0. The third-order valence-corrected chi connectivity index (χ3v) is 4.31. The fourth-order valence-corrected chi connectivity index (χ4v) is 3.40. The summed E-state index contributed by atoms with van der Waals surface area (Å²) in [7, 11) is 0. The molecule has 2 aromatic rings. The first-order valence-corrected chi connectivity index (χ1v) is 8.25. The highest BCUT2D eigenvalue weighted by Gasteiger charge is 2.21. The van der Waals surface area contributed by atoms with E-state index in [4.69, 9.17) is 10.5 Å². The summed E-state index contributed by atoms with van der Waals surface area (Å²) in [6.07, 6.45) is 2.71. The molecule has 0 amide bonds. The molecule has 2 heterocycles. The highest BCUT2D eigenvalue weighted by Crippen LogP contribution is 2.36. The summed E-state index contributed by atoms with van der Waals surface area (Å²) in [5.74, 6) is -0.354. The third kappa shape index (κ3) is 3.20. The molecule has 2 N–H and O–H groups in total. The van der Waals surface area contributed by atoms with Crippen molar-refractivity contribution in [3.8, 4) is 11.1 Å². The first-order valence-electron chi connectivity index (χ1n) is 8.25. The molecular weight excluding hydrogens is 303 g/mol. The molecule has 24 heavy (non-hydrogen) atoms. The smallest absolute Gasteiger partial charge is 0.154 e. The van der Waals surface area contributed by atoms with Crippen LogP contribution in [-0.2, 0) is 4.74 Å². The summed E-state index contributed by atoms with van der Waals surface area (Å²) < 4.78 is 20.7. The van der Waals surface area contributed by atoms with Crippen molar-refractivity contribution in [3.05, 3.63) is 53.1 Å². The van der Waals surface area contributed by atoms with Gasteiger partial charge in [0.05, 0.1) is 17.9 Å². The molecule has 3 nitrogen and oxygen atoms in total. The molecule has 0 unspecified atom stereocenters. The molecule has 3 rings (SSSR count). The van der Waals surface area contributed by atoms with Gasteiger partial charge in [0, 0.05) is 22.5 Å². The van der Waals surface area contributed by atoms with E-state index in [1.54, 1.807) is 0 Å². The zero-order valence-electron chi connectivity index (χ0n) is 14.6. The quantitative estimate of drug-likeness (QED) is 0.816. The first-order chi connectivity index (χ1) is 11.3. The van der Waals surface area contributed by atoms with Gasteiger partial charge >= 0.3 is 0 Å². The summed E-state index contributed by atoms with van der Waals surface area (Å²) >= 11 is 0. The predicted molar refractivity (Wildman–Crippen MR) is 96.1 cm³/mol. The van der Waals surface area contributed by atoms with E-state index in [0.717, 1.165) is 22.5 Å². The van der Waals surface area contributed by atoms with Crippen LogP contribution in [0, 0.1) is 19.7 Å². The molecule has 0 bridgehead atoms. The average molecular weight is 326 g/mol. The molecule has 0 radical (unpaired) electrons. The van der Waals surface area contributed by atoms with Crippen molar-refractivity contribution in [2.75, 3.05) is 5.73 Å². The lowest BCUT2D eigenvalue weighted by atomic mass is 9.92. The monoisotopic (exact) mass is 326 g/mol. The van der Waals surface area contributed by atoms with Crippen LogP contribution in [-0.4, -0.2) is 17.2 Å². The topological polar surface area (TPSA) is 48.1 Å². The first kappa shape index (κ1) is 16.7. The summed E-state index contributed by atoms with van der Waals surface area (Å²) in [4.78, 5) is 4.36. The minimum atomic E-state index is -0.354. The highest BCUT2D eigenvalue weighted by molar-refractivity contribution is 5.81. The zero-order valence-corrected chi connectivity index (χ0v) is 14.6. The zero-order chi connectivity index (χ0) is 17.4. The van der Waals surface area contributed by atoms with Crippen LogP contribution in [0.1, 0.15) is 37.2 Å². The van der Waals surface area contributed by atoms with Gasteiger partial charge in [0.15, 0.2) is 5.82 Å². The lowest BCUT2D eigenvalue weighted by Gasteiger charge is -2.25. The molecule has 126 valence electrons. The minimum absolute atomic E-state index is 0.0189. The molecule has 2 atom stereocenters. The molecule has 0 saturated carbocycles. The number of nitrogen functional groups attached to an aromatic ring is 1. The maximum atomic E-state index is 15.0. The van der Waals surface area contributed by atoms with Gasteiger partial charge in [-0.05, 0) is 57.4 Å². The van der Waals surface area contributed by atoms with E-state index < -0.39 is 0 Å². The van der Waals surface area contributed by atoms with Gasteiger partial charge in [-0.15, -0.1) is 0 Å². The number of rotatable bonds is 2. The SMILES string of the molecule is Cc1cc(-c2ccc(C3=C[C@H](C)O[C@H](C)C3)c(F)c2N)cc(C)n1. The molecule has 0 spiro atoms. The fourth-order valence-electron chi connectivity index (χ4n) is 3.40. The number of nitrogens with two attached hydrogens (primary N) is 1. The van der Waals surface area contributed by atoms with Crippen LogP contribution in [0.2, 0.25) is 0 Å². The summed E-state index contributed by atoms with van der Waals surface area (Å²) in [6, 6.07) is 7.57. The van der Waals surface area contributed by atoms with Crippen molar-refractivity contribution in [1.29, 1.82) is 0 Å². The van der Waals surface area contributed by atoms with E-state index in [2.05, 4.69) is 4.98 Å². The van der Waals surface area contributed by atoms with Crippen LogP contribution in [0.4, 0.5) is 10.1 Å². The Kier molecular flexibility index (Phi) is 4.41. The normalized spacial score (nSPS) is 20.8. The van der Waals surface area contributed by atoms with E-state index in [1.807, 2.05) is 58.0 Å². The number of hydrogen-bond donors (Lipinski definition) is 1. The standard InChI is InChI=1S/C20H23FN2O/c1-11-7-15(8-12(2)23-11)18-6-5-17(19(21)20(18)22)16-9-13(3)24-14(4)10-16/h5-9,13-14H,10,22H2,1-4H3/t13-,14+/m0/s1. The van der Waals surface area contributed by atoms with E-state index in [0.29, 0.717) is 17.5 Å². The van der Waals surface area contributed by atoms with Crippen molar-refractivity contribution in [1.82, 2.24) is 4.98 Å². The molecule has 1 aromatic carbocycles. The molecule has 4 heteroatoms. The summed E-state index contributed by atoms with van der Waals surface area (Å²) in [6.45, 7) is 7.82. The number of pyridine rings is 1. The second-order valence-corrected chi connectivity index (χ2v) is 6.57. The molecule has 0 aliphatic carbocycles. The van der Waals surface area contributed by atoms with Gasteiger partial charge < -0.3 is 10.5 Å². The van der Waals surface area contributed by atoms with Crippen molar-refractivity contribution < 1.29 is 9.13 Å². The van der Waals surface area contributed by atoms with Crippen LogP contribution in [0.25, 0.3) is 16.7 Å². The highest BCUT2D eigenvalue weighted by atomic mass is 19.1. The number of anilines is 1. The van der Waals surface area contributed by atoms with Crippen molar-refractivity contribution in [2.45, 2.75) is 46.3 Å². The maximum Gasteiger partial charge on any atom is 0.154 e. The Hall–Kier alpha value is -2.20. The molecule has 1 aliphatic rings. The average Bonchev–Trinajstić information content (AvgIpc) is 2.47. The Morgan fingerprint density at radius 1 is 1.12 bits per heavy atom. The fraction of sp³-hybridized carbons (Fsp3) is 0.350. The van der Waals surface area contributed by atoms with Crippen LogP contribution < -0.4 is 5.73 Å². The van der Waals surface area contributed by atoms with Gasteiger partial charge in [-0.3, -0.25) is 4.98 Å². The van der Waals surface area contributed by atoms with E-state index >= 15 is 0 Å². The number of aromatic nitrogens is 1. The van der Waals surface area contributed by atoms with Crippen LogP contribution >= 0.6 is 0 Å². The number of benzene rings is 1. The van der Waals surface area contributed by atoms with E-state index in [-0.39, 0.29) is 23.7 Å². The Morgan fingerprint density at radius 2 is 1.75 bits per heavy atom. The van der Waals surface area contributed by atoms with Gasteiger partial charge in [0.25, 0.3) is 0 Å². The van der Waals surface area contributed by atoms with Gasteiger partial charge in [0.1, 0.15) is 0 Å². The van der Waals surface area contributed by atoms with Gasteiger partial charge in [-0.2, -0.15) is 0 Å². The van der Waals surface area contributed by atoms with E-state index in [1.165, 1.54) is 0 Å². The third-order valence-electron chi connectivity index (χ3n) is 4.31. The molecule has 0 fully saturated rings. The van der Waals surface area contributed by atoms with Crippen molar-refractivity contribution in [2.24, 2.45) is 0 Å². The lowest BCUT2D eigenvalue weighted by Crippen LogP contribution is -2.21. The number of nitrogens with zero attached hydrogens (tertiary/aromatic N) is 1. The number of ether oxygens (including phenoxy) is 1. The number of hydrogen-bond acceptors (Lipinski definition) is 3. The Balaban J connectivity index is 2.07. The largest absolute Gasteiger partial charge is 0.396 e. The Labute approximate surface area is 142 Å². The second kappa shape index (κ2) is 6.36. The van der Waals surface area contributed by atoms with Crippen LogP contribution in [0.15, 0.2) is 30.3 Å². The summed E-state index contributed by atoms with van der Waals surface area (Å²) in [5.41, 5.74) is 11.2. The van der Waals surface area contributed by atoms with Crippen LogP contribution in [0.3, 0.4) is 0 Å². The van der Waals surface area contributed by atoms with Crippen molar-refractivity contribution in [3.63, 3.8) is 0 Å². The van der Waals surface area contributed by atoms with Gasteiger partial charge in [0.2, 0.25) is 0 Å².